The first-order chi connectivity index (χ1) is 21.8. The summed E-state index contributed by atoms with van der Waals surface area (Å²) in [5.74, 6) is -6.61. The van der Waals surface area contributed by atoms with E-state index < -0.39 is 85.4 Å². The highest BCUT2D eigenvalue weighted by molar-refractivity contribution is 7.84. The molecule has 25 heteroatoms. The minimum Gasteiger partial charge on any atom is -0.755 e. The zero-order chi connectivity index (χ0) is 35.3. The molecule has 1 aliphatic rings. The van der Waals surface area contributed by atoms with Gasteiger partial charge in [0.25, 0.3) is 23.4 Å². The van der Waals surface area contributed by atoms with Crippen LogP contribution in [0, 0.1) is 10.1 Å². The van der Waals surface area contributed by atoms with Crippen molar-refractivity contribution in [3.05, 3.63) is 51.0 Å². The van der Waals surface area contributed by atoms with Gasteiger partial charge in [-0.1, -0.05) is 5.16 Å². The monoisotopic (exact) mass is 738 g/mol. The molecule has 3 atom stereocenters. The number of benzene rings is 1. The molecule has 4 amide bonds. The molecule has 2 heterocycles. The molecule has 0 spiro atoms. The van der Waals surface area contributed by atoms with Crippen molar-refractivity contribution in [3.63, 3.8) is 0 Å². The summed E-state index contributed by atoms with van der Waals surface area (Å²) in [5, 5.41) is 19.9. The Labute approximate surface area is 275 Å². The van der Waals surface area contributed by atoms with Gasteiger partial charge in [-0.3, -0.25) is 42.4 Å². The van der Waals surface area contributed by atoms with Crippen LogP contribution in [0.3, 0.4) is 0 Å². The predicted octanol–water partition coefficient (Wildman–Crippen LogP) is -1.12. The number of rotatable bonds is 14. The van der Waals surface area contributed by atoms with Gasteiger partial charge in [0.2, 0.25) is 11.5 Å². The van der Waals surface area contributed by atoms with Crippen molar-refractivity contribution in [3.8, 4) is 0 Å². The number of halogens is 1. The Hall–Kier alpha value is -4.62. The van der Waals surface area contributed by atoms with Crippen molar-refractivity contribution >= 4 is 90.6 Å². The number of oxime groups is 1. The van der Waals surface area contributed by atoms with Crippen LogP contribution in [0.15, 0.2) is 34.8 Å². The molecule has 1 fully saturated rings. The Balaban J connectivity index is 1.86. The molecular weight excluding hydrogens is 718 g/mol. The molecule has 47 heavy (non-hydrogen) atoms. The number of aromatic nitrogens is 1. The zero-order valence-electron chi connectivity index (χ0n) is 23.6. The van der Waals surface area contributed by atoms with E-state index in [1.54, 1.807) is 0 Å². The second-order valence-electron chi connectivity index (χ2n) is 9.48. The Bertz CT molecular complexity index is 1760. The number of non-ortho nitro benzene ring substituents is 1. The van der Waals surface area contributed by atoms with Crippen LogP contribution in [0.25, 0.3) is 0 Å². The number of nitrogens with one attached hydrogen (secondary N) is 3. The molecule has 254 valence electrons. The first-order valence-electron chi connectivity index (χ1n) is 12.4. The summed E-state index contributed by atoms with van der Waals surface area (Å²) in [6.07, 6.45) is 0. The minimum absolute atomic E-state index is 0.0917. The molecule has 4 N–H and O–H groups in total. The smallest absolute Gasteiger partial charge is 0.359 e. The fraction of sp³-hybridized carbons (Fsp3) is 0.318. The lowest BCUT2D eigenvalue weighted by atomic mass is 9.98. The molecule has 0 bridgehead atoms. The highest BCUT2D eigenvalue weighted by Gasteiger charge is 2.54. The number of alkyl halides is 1. The first kappa shape index (κ1) is 36.8. The third kappa shape index (κ3) is 9.46. The van der Waals surface area contributed by atoms with Crippen molar-refractivity contribution < 1.29 is 60.2 Å². The van der Waals surface area contributed by atoms with Crippen molar-refractivity contribution in [2.45, 2.75) is 38.1 Å². The number of hydrogen-bond donors (Lipinski definition) is 4. The van der Waals surface area contributed by atoms with Gasteiger partial charge in [0.05, 0.1) is 16.2 Å². The maximum atomic E-state index is 13.3. The SMILES string of the molecule is CC(C)(ON=C(C(=O)NC1C(=O)N(S(=O)[O-])C1C(=O)NS(=O)(=O)O)c1csc(NC(=O)CCl)n1)C(=O)OCc1ccc([N+](=O)[O-])cc1. The standard InChI is InChI=1S/C22H22ClN7O14S3/c1-22(2,20(35)43-8-10-3-5-11(6-4-10)30(36)37)44-27-14(12-9-45-21(24-12)25-13(31)7-23)17(32)26-15-16(18(33)28-47(40,41)42)29(19(15)34)46(38)39/h3-6,9,15-16H,7-8H2,1-2H3,(H,26,32)(H,28,33)(H,38,39)(H,24,25,31)(H,40,41,42)/p-1. The number of hydrogen-bond acceptors (Lipinski definition) is 16. The third-order valence-electron chi connectivity index (χ3n) is 5.70. The van der Waals surface area contributed by atoms with Gasteiger partial charge >= 0.3 is 16.3 Å². The molecule has 2 aromatic rings. The third-order valence-corrected chi connectivity index (χ3v) is 7.89. The molecular formula is C22H21ClN7O14S3-. The van der Waals surface area contributed by atoms with Crippen molar-refractivity contribution in [2.75, 3.05) is 11.2 Å². The van der Waals surface area contributed by atoms with Crippen LogP contribution >= 0.6 is 22.9 Å². The predicted molar refractivity (Wildman–Crippen MR) is 157 cm³/mol. The van der Waals surface area contributed by atoms with E-state index >= 15 is 0 Å². The molecule has 3 rings (SSSR count). The number of anilines is 1. The fourth-order valence-corrected chi connectivity index (χ4v) is 5.27. The summed E-state index contributed by atoms with van der Waals surface area (Å²) < 4.78 is 60.2. The summed E-state index contributed by atoms with van der Waals surface area (Å²) >= 11 is 2.83. The van der Waals surface area contributed by atoms with Crippen LogP contribution in [0.1, 0.15) is 25.1 Å². The number of carbonyl (C=O) groups excluding carboxylic acids is 5. The molecule has 0 aliphatic carbocycles. The van der Waals surface area contributed by atoms with Gasteiger partial charge in [0.1, 0.15) is 24.2 Å². The number of thiazole rings is 1. The fourth-order valence-electron chi connectivity index (χ4n) is 3.46. The molecule has 0 saturated carbocycles. The van der Waals surface area contributed by atoms with Crippen LogP contribution in [-0.2, 0) is 61.7 Å². The molecule has 1 aliphatic heterocycles. The van der Waals surface area contributed by atoms with Crippen LogP contribution in [0.2, 0.25) is 0 Å². The van der Waals surface area contributed by atoms with Gasteiger partial charge in [-0.25, -0.2) is 14.5 Å². The summed E-state index contributed by atoms with van der Waals surface area (Å²) in [5.41, 5.74) is -2.87. The van der Waals surface area contributed by atoms with Crippen LogP contribution in [0.5, 0.6) is 0 Å². The second-order valence-corrected chi connectivity index (χ2v) is 12.6. The Morgan fingerprint density at radius 1 is 1.26 bits per heavy atom. The van der Waals surface area contributed by atoms with Gasteiger partial charge in [0, 0.05) is 17.5 Å². The largest absolute Gasteiger partial charge is 0.755 e. The molecule has 1 aromatic heterocycles. The number of amides is 4. The normalized spacial score (nSPS) is 17.2. The summed E-state index contributed by atoms with van der Waals surface area (Å²) in [4.78, 5) is 82.0. The van der Waals surface area contributed by atoms with Gasteiger partial charge in [-0.2, -0.15) is 8.42 Å². The van der Waals surface area contributed by atoms with Crippen LogP contribution < -0.4 is 15.4 Å². The Morgan fingerprint density at radius 3 is 2.45 bits per heavy atom. The van der Waals surface area contributed by atoms with Gasteiger partial charge in [-0.15, -0.1) is 22.9 Å². The number of β-lactam (4-membered cyclic amide) rings is 1. The number of nitro groups is 1. The average molecular weight is 739 g/mol. The summed E-state index contributed by atoms with van der Waals surface area (Å²) in [7, 11) is -5.21. The quantitative estimate of drug-likeness (QED) is 0.0261. The average Bonchev–Trinajstić information content (AvgIpc) is 3.43. The molecule has 3 unspecified atom stereocenters. The molecule has 1 aromatic carbocycles. The number of nitro benzene ring substituents is 1. The number of carbonyl (C=O) groups is 5. The molecule has 21 nitrogen and oxygen atoms in total. The number of esters is 1. The summed E-state index contributed by atoms with van der Waals surface area (Å²) in [6, 6.07) is 0.884. The number of ether oxygens (including phenoxy) is 1. The van der Waals surface area contributed by atoms with Crippen molar-refractivity contribution in [1.82, 2.24) is 19.3 Å². The van der Waals surface area contributed by atoms with Gasteiger partial charge in [-0.05, 0) is 31.5 Å². The van der Waals surface area contributed by atoms with Crippen molar-refractivity contribution in [1.29, 1.82) is 0 Å². The number of nitrogens with zero attached hydrogens (tertiary/aromatic N) is 4. The maximum Gasteiger partial charge on any atom is 0.359 e. The highest BCUT2D eigenvalue weighted by Crippen LogP contribution is 2.24. The lowest BCUT2D eigenvalue weighted by molar-refractivity contribution is -0.384. The molecule has 1 saturated heterocycles. The van der Waals surface area contributed by atoms with E-state index in [1.807, 2.05) is 5.32 Å². The zero-order valence-corrected chi connectivity index (χ0v) is 26.8. The first-order valence-corrected chi connectivity index (χ1v) is 16.2. The van der Waals surface area contributed by atoms with E-state index in [9.17, 15) is 51.3 Å². The highest BCUT2D eigenvalue weighted by atomic mass is 35.5. The van der Waals surface area contributed by atoms with E-state index in [4.69, 9.17) is 25.7 Å². The summed E-state index contributed by atoms with van der Waals surface area (Å²) in [6.45, 7) is 2.03. The minimum atomic E-state index is -5.21. The van der Waals surface area contributed by atoms with E-state index in [2.05, 4.69) is 15.5 Å². The second kappa shape index (κ2) is 14.9. The van der Waals surface area contributed by atoms with Crippen molar-refractivity contribution in [2.24, 2.45) is 5.16 Å². The van der Waals surface area contributed by atoms with Crippen LogP contribution in [0.4, 0.5) is 10.8 Å². The Morgan fingerprint density at radius 2 is 1.89 bits per heavy atom. The molecule has 0 radical (unpaired) electrons. The maximum absolute atomic E-state index is 13.3. The van der Waals surface area contributed by atoms with E-state index in [0.29, 0.717) is 5.56 Å². The lowest BCUT2D eigenvalue weighted by Gasteiger charge is -2.45. The topological polar surface area (TPSA) is 306 Å². The van der Waals surface area contributed by atoms with Gasteiger partial charge in [0.15, 0.2) is 16.9 Å². The van der Waals surface area contributed by atoms with E-state index in [1.165, 1.54) is 43.5 Å². The van der Waals surface area contributed by atoms with E-state index in [0.717, 1.165) is 16.1 Å². The van der Waals surface area contributed by atoms with Crippen LogP contribution in [-0.4, -0.2) is 94.8 Å². The van der Waals surface area contributed by atoms with E-state index in [-0.39, 0.29) is 27.4 Å². The van der Waals surface area contributed by atoms with Gasteiger partial charge < -0.3 is 24.8 Å². The Kier molecular flexibility index (Phi) is 11.7. The lowest BCUT2D eigenvalue weighted by Crippen LogP contribution is -2.75.